The first-order chi connectivity index (χ1) is 6.76. The number of methoxy groups -OCH3 is 1. The van der Waals surface area contributed by atoms with Gasteiger partial charge in [-0.1, -0.05) is 0 Å². The molecule has 14 heavy (non-hydrogen) atoms. The molecule has 3 heteroatoms. The van der Waals surface area contributed by atoms with Crippen molar-refractivity contribution in [2.24, 2.45) is 0 Å². The molecule has 1 atom stereocenters. The lowest BCUT2D eigenvalue weighted by atomic mass is 10.1. The van der Waals surface area contributed by atoms with Crippen molar-refractivity contribution in [2.45, 2.75) is 12.5 Å². The van der Waals surface area contributed by atoms with Crippen LogP contribution >= 0.6 is 0 Å². The Labute approximate surface area is 83.9 Å². The molecule has 1 aromatic carbocycles. The lowest BCUT2D eigenvalue weighted by Gasteiger charge is -2.20. The van der Waals surface area contributed by atoms with Crippen LogP contribution in [0.5, 0.6) is 5.75 Å². The molecule has 0 fully saturated rings. The fourth-order valence-corrected chi connectivity index (χ4v) is 1.97. The summed E-state index contributed by atoms with van der Waals surface area (Å²) >= 11 is 0. The number of anilines is 1. The van der Waals surface area contributed by atoms with E-state index in [0.29, 0.717) is 0 Å². The van der Waals surface area contributed by atoms with Crippen LogP contribution in [0.25, 0.3) is 0 Å². The smallest absolute Gasteiger partial charge is 0.119 e. The maximum atomic E-state index is 9.16. The molecule has 3 nitrogen and oxygen atoms in total. The topological polar surface area (TPSA) is 32.7 Å². The number of likely N-dealkylation sites (N-methyl/N-ethyl adjacent to an activating group) is 1. The molecule has 1 heterocycles. The minimum atomic E-state index is 0.202. The van der Waals surface area contributed by atoms with E-state index in [-0.39, 0.29) is 12.6 Å². The first kappa shape index (κ1) is 9.34. The Morgan fingerprint density at radius 3 is 3.00 bits per heavy atom. The van der Waals surface area contributed by atoms with Crippen molar-refractivity contribution < 1.29 is 9.84 Å². The maximum absolute atomic E-state index is 9.16. The van der Waals surface area contributed by atoms with Crippen LogP contribution in [0.2, 0.25) is 0 Å². The minimum absolute atomic E-state index is 0.202. The zero-order valence-corrected chi connectivity index (χ0v) is 8.53. The minimum Gasteiger partial charge on any atom is -0.497 e. The van der Waals surface area contributed by atoms with Gasteiger partial charge in [-0.15, -0.1) is 0 Å². The molecule has 0 bridgehead atoms. The van der Waals surface area contributed by atoms with E-state index in [0.717, 1.165) is 12.2 Å². The summed E-state index contributed by atoms with van der Waals surface area (Å²) in [5, 5.41) is 9.16. The zero-order chi connectivity index (χ0) is 10.1. The van der Waals surface area contributed by atoms with E-state index in [1.165, 1.54) is 11.3 Å². The fourth-order valence-electron chi connectivity index (χ4n) is 1.97. The van der Waals surface area contributed by atoms with Crippen LogP contribution in [0, 0.1) is 0 Å². The van der Waals surface area contributed by atoms with Crippen LogP contribution in [0.3, 0.4) is 0 Å². The van der Waals surface area contributed by atoms with Crippen molar-refractivity contribution in [1.29, 1.82) is 0 Å². The van der Waals surface area contributed by atoms with Crippen LogP contribution in [0.15, 0.2) is 18.2 Å². The first-order valence-electron chi connectivity index (χ1n) is 4.77. The number of ether oxygens (including phenoxy) is 1. The summed E-state index contributed by atoms with van der Waals surface area (Å²) in [5.74, 6) is 0.885. The van der Waals surface area contributed by atoms with Crippen molar-refractivity contribution in [3.05, 3.63) is 23.8 Å². The number of hydrogen-bond donors (Lipinski definition) is 1. The summed E-state index contributed by atoms with van der Waals surface area (Å²) in [5.41, 5.74) is 2.45. The fraction of sp³-hybridized carbons (Fsp3) is 0.455. The Morgan fingerprint density at radius 1 is 1.57 bits per heavy atom. The Bertz CT molecular complexity index is 338. The second-order valence-corrected chi connectivity index (χ2v) is 3.65. The lowest BCUT2D eigenvalue weighted by Crippen LogP contribution is -2.30. The van der Waals surface area contributed by atoms with E-state index in [1.807, 2.05) is 25.2 Å². The molecule has 1 aliphatic heterocycles. The van der Waals surface area contributed by atoms with Gasteiger partial charge in [-0.2, -0.15) is 0 Å². The lowest BCUT2D eigenvalue weighted by molar-refractivity contribution is 0.266. The van der Waals surface area contributed by atoms with Gasteiger partial charge in [0.25, 0.3) is 0 Å². The third-order valence-corrected chi connectivity index (χ3v) is 2.88. The summed E-state index contributed by atoms with van der Waals surface area (Å²) in [7, 11) is 3.68. The van der Waals surface area contributed by atoms with Crippen molar-refractivity contribution in [1.82, 2.24) is 0 Å². The molecule has 0 radical (unpaired) electrons. The standard InChI is InChI=1S/C11H15NO2/c1-12-9(7-13)5-8-6-10(14-2)3-4-11(8)12/h3-4,6,9,13H,5,7H2,1-2H3. The second kappa shape index (κ2) is 3.50. The van der Waals surface area contributed by atoms with E-state index in [2.05, 4.69) is 4.90 Å². The number of nitrogens with zero attached hydrogens (tertiary/aromatic N) is 1. The van der Waals surface area contributed by atoms with E-state index in [9.17, 15) is 0 Å². The summed E-state index contributed by atoms with van der Waals surface area (Å²) < 4.78 is 5.16. The highest BCUT2D eigenvalue weighted by atomic mass is 16.5. The highest BCUT2D eigenvalue weighted by Crippen LogP contribution is 2.33. The summed E-state index contributed by atoms with van der Waals surface area (Å²) in [4.78, 5) is 2.12. The summed E-state index contributed by atoms with van der Waals surface area (Å²) in [6, 6.07) is 6.26. The average molecular weight is 193 g/mol. The molecule has 2 rings (SSSR count). The first-order valence-corrected chi connectivity index (χ1v) is 4.77. The quantitative estimate of drug-likeness (QED) is 0.762. The Kier molecular flexibility index (Phi) is 2.33. The molecule has 1 aromatic rings. The number of hydrogen-bond acceptors (Lipinski definition) is 3. The summed E-state index contributed by atoms with van der Waals surface area (Å²) in [6.45, 7) is 0.202. The SMILES string of the molecule is COc1ccc2c(c1)CC(CO)N2C. The van der Waals surface area contributed by atoms with Crippen molar-refractivity contribution in [3.63, 3.8) is 0 Å². The molecule has 1 unspecified atom stereocenters. The Morgan fingerprint density at radius 2 is 2.36 bits per heavy atom. The van der Waals surface area contributed by atoms with Crippen LogP contribution in [-0.4, -0.2) is 31.9 Å². The predicted octanol–water partition coefficient (Wildman–Crippen LogP) is 1.05. The normalized spacial score (nSPS) is 19.6. The van der Waals surface area contributed by atoms with E-state index in [4.69, 9.17) is 9.84 Å². The molecule has 1 aliphatic rings. The largest absolute Gasteiger partial charge is 0.497 e. The van der Waals surface area contributed by atoms with Gasteiger partial charge in [-0.05, 0) is 30.2 Å². The highest BCUT2D eigenvalue weighted by Gasteiger charge is 2.25. The third kappa shape index (κ3) is 1.34. The Balaban J connectivity index is 2.34. The molecule has 0 spiro atoms. The van der Waals surface area contributed by atoms with Crippen LogP contribution in [0.1, 0.15) is 5.56 Å². The van der Waals surface area contributed by atoms with Gasteiger partial charge in [0.2, 0.25) is 0 Å². The number of aliphatic hydroxyl groups is 1. The van der Waals surface area contributed by atoms with Crippen molar-refractivity contribution >= 4 is 5.69 Å². The van der Waals surface area contributed by atoms with E-state index >= 15 is 0 Å². The molecule has 0 amide bonds. The van der Waals surface area contributed by atoms with E-state index in [1.54, 1.807) is 7.11 Å². The van der Waals surface area contributed by atoms with Gasteiger partial charge < -0.3 is 14.7 Å². The number of rotatable bonds is 2. The number of benzene rings is 1. The van der Waals surface area contributed by atoms with Gasteiger partial charge in [0.05, 0.1) is 19.8 Å². The highest BCUT2D eigenvalue weighted by molar-refractivity contribution is 5.61. The Hall–Kier alpha value is -1.22. The van der Waals surface area contributed by atoms with Gasteiger partial charge >= 0.3 is 0 Å². The number of aliphatic hydroxyl groups excluding tert-OH is 1. The summed E-state index contributed by atoms with van der Waals surface area (Å²) in [6.07, 6.45) is 0.902. The van der Waals surface area contributed by atoms with Crippen molar-refractivity contribution in [2.75, 3.05) is 25.7 Å². The van der Waals surface area contributed by atoms with Crippen LogP contribution in [0.4, 0.5) is 5.69 Å². The van der Waals surface area contributed by atoms with Crippen molar-refractivity contribution in [3.8, 4) is 5.75 Å². The van der Waals surface area contributed by atoms with Gasteiger partial charge in [-0.3, -0.25) is 0 Å². The molecule has 76 valence electrons. The van der Waals surface area contributed by atoms with Gasteiger partial charge in [0, 0.05) is 12.7 Å². The molecule has 0 aliphatic carbocycles. The van der Waals surface area contributed by atoms with Gasteiger partial charge in [0.1, 0.15) is 5.75 Å². The predicted molar refractivity (Wildman–Crippen MR) is 56.0 cm³/mol. The van der Waals surface area contributed by atoms with Crippen LogP contribution < -0.4 is 9.64 Å². The molecule has 0 saturated carbocycles. The molecular weight excluding hydrogens is 178 g/mol. The van der Waals surface area contributed by atoms with Crippen LogP contribution in [-0.2, 0) is 6.42 Å². The molecule has 0 saturated heterocycles. The monoisotopic (exact) mass is 193 g/mol. The second-order valence-electron chi connectivity index (χ2n) is 3.65. The zero-order valence-electron chi connectivity index (χ0n) is 8.53. The van der Waals surface area contributed by atoms with E-state index < -0.39 is 0 Å². The van der Waals surface area contributed by atoms with Gasteiger partial charge in [-0.25, -0.2) is 0 Å². The maximum Gasteiger partial charge on any atom is 0.119 e. The molecular formula is C11H15NO2. The molecule has 0 aromatic heterocycles. The number of fused-ring (bicyclic) bond motifs is 1. The van der Waals surface area contributed by atoms with Gasteiger partial charge in [0.15, 0.2) is 0 Å². The molecule has 1 N–H and O–H groups in total. The average Bonchev–Trinajstić information content (AvgIpc) is 2.55. The third-order valence-electron chi connectivity index (χ3n) is 2.88.